The third-order valence-electron chi connectivity index (χ3n) is 3.32. The monoisotopic (exact) mass is 337 g/mol. The summed E-state index contributed by atoms with van der Waals surface area (Å²) >= 11 is 0. The summed E-state index contributed by atoms with van der Waals surface area (Å²) in [7, 11) is -0.696. The lowest BCUT2D eigenvalue weighted by molar-refractivity contribution is 0.0950. The summed E-state index contributed by atoms with van der Waals surface area (Å²) in [6.45, 7) is 3.66. The fourth-order valence-corrected chi connectivity index (χ4v) is 3.13. The van der Waals surface area contributed by atoms with E-state index in [9.17, 15) is 13.2 Å². The average Bonchev–Trinajstić information content (AvgIpc) is 2.90. The van der Waals surface area contributed by atoms with Gasteiger partial charge in [0.05, 0.1) is 11.4 Å². The largest absolute Gasteiger partial charge is 0.361 e. The smallest absolute Gasteiger partial charge is 0.251 e. The molecule has 1 N–H and O–H groups in total. The Labute approximate surface area is 135 Å². The molecule has 0 unspecified atom stereocenters. The van der Waals surface area contributed by atoms with Gasteiger partial charge in [-0.1, -0.05) is 11.2 Å². The highest BCUT2D eigenvalue weighted by Crippen LogP contribution is 2.20. The molecule has 0 aliphatic carbocycles. The number of carbonyl (C=O) groups is 1. The predicted molar refractivity (Wildman–Crippen MR) is 84.5 cm³/mol. The first-order valence-corrected chi connectivity index (χ1v) is 8.39. The van der Waals surface area contributed by atoms with Gasteiger partial charge in [-0.3, -0.25) is 4.79 Å². The fourth-order valence-electron chi connectivity index (χ4n) is 1.99. The highest BCUT2D eigenvalue weighted by Gasteiger charge is 2.21. The number of aromatic nitrogens is 1. The van der Waals surface area contributed by atoms with Crippen LogP contribution >= 0.6 is 0 Å². The average molecular weight is 337 g/mol. The molecular formula is C15H19N3O4S. The lowest BCUT2D eigenvalue weighted by atomic mass is 10.1. The molecule has 2 aromatic rings. The number of aryl methyl sites for hydroxylation is 2. The van der Waals surface area contributed by atoms with Gasteiger partial charge >= 0.3 is 0 Å². The van der Waals surface area contributed by atoms with Gasteiger partial charge in [0.2, 0.25) is 10.0 Å². The molecule has 0 atom stereocenters. The van der Waals surface area contributed by atoms with Crippen LogP contribution in [0, 0.1) is 13.8 Å². The molecule has 124 valence electrons. The van der Waals surface area contributed by atoms with Crippen molar-refractivity contribution in [1.82, 2.24) is 14.8 Å². The van der Waals surface area contributed by atoms with Crippen LogP contribution in [0.15, 0.2) is 33.7 Å². The Morgan fingerprint density at radius 3 is 2.52 bits per heavy atom. The van der Waals surface area contributed by atoms with E-state index >= 15 is 0 Å². The minimum atomic E-state index is -3.60. The Bertz CT molecular complexity index is 825. The Hall–Kier alpha value is -2.19. The number of amides is 1. The molecule has 0 spiro atoms. The quantitative estimate of drug-likeness (QED) is 0.892. The van der Waals surface area contributed by atoms with Gasteiger partial charge in [-0.2, -0.15) is 0 Å². The summed E-state index contributed by atoms with van der Waals surface area (Å²) in [6.07, 6.45) is 0. The van der Waals surface area contributed by atoms with Crippen molar-refractivity contribution in [2.45, 2.75) is 25.3 Å². The third kappa shape index (κ3) is 3.77. The first kappa shape index (κ1) is 17.2. The van der Waals surface area contributed by atoms with E-state index in [1.807, 2.05) is 0 Å². The normalized spacial score (nSPS) is 11.7. The molecule has 2 rings (SSSR count). The Morgan fingerprint density at radius 1 is 1.26 bits per heavy atom. The van der Waals surface area contributed by atoms with Crippen molar-refractivity contribution < 1.29 is 17.7 Å². The van der Waals surface area contributed by atoms with Crippen molar-refractivity contribution >= 4 is 15.9 Å². The zero-order valence-electron chi connectivity index (χ0n) is 13.5. The van der Waals surface area contributed by atoms with E-state index in [-0.39, 0.29) is 22.9 Å². The molecule has 0 saturated carbocycles. The lowest BCUT2D eigenvalue weighted by Crippen LogP contribution is -2.25. The van der Waals surface area contributed by atoms with Gasteiger partial charge in [0.1, 0.15) is 11.5 Å². The molecule has 0 radical (unpaired) electrons. The summed E-state index contributed by atoms with van der Waals surface area (Å²) in [6, 6.07) is 6.31. The Balaban J connectivity index is 2.21. The van der Waals surface area contributed by atoms with Crippen molar-refractivity contribution in [3.05, 3.63) is 46.8 Å². The second kappa shape index (κ2) is 6.51. The Kier molecular flexibility index (Phi) is 4.86. The maximum absolute atomic E-state index is 12.3. The first-order chi connectivity index (χ1) is 10.7. The van der Waals surface area contributed by atoms with Gasteiger partial charge in [0, 0.05) is 25.7 Å². The van der Waals surface area contributed by atoms with E-state index in [4.69, 9.17) is 4.52 Å². The molecule has 8 heteroatoms. The summed E-state index contributed by atoms with van der Waals surface area (Å²) in [5.41, 5.74) is 1.46. The van der Waals surface area contributed by atoms with Crippen molar-refractivity contribution in [2.75, 3.05) is 14.1 Å². The first-order valence-electron chi connectivity index (χ1n) is 6.95. The number of nitrogens with zero attached hydrogens (tertiary/aromatic N) is 2. The van der Waals surface area contributed by atoms with Gasteiger partial charge in [0.25, 0.3) is 5.91 Å². The van der Waals surface area contributed by atoms with E-state index in [1.165, 1.54) is 20.2 Å². The van der Waals surface area contributed by atoms with Crippen LogP contribution in [0.2, 0.25) is 0 Å². The molecule has 0 fully saturated rings. The third-order valence-corrected chi connectivity index (χ3v) is 5.27. The van der Waals surface area contributed by atoms with Crippen molar-refractivity contribution in [1.29, 1.82) is 0 Å². The van der Waals surface area contributed by atoms with Crippen LogP contribution in [0.1, 0.15) is 27.4 Å². The standard InChI is InChI=1S/C15H19N3O4S/c1-10-5-6-12(8-14(10)23(20,21)18(3)4)15(19)16-9-13-7-11(2)22-17-13/h5-8H,9H2,1-4H3,(H,16,19). The molecule has 1 amide bonds. The number of hydrogen-bond donors (Lipinski definition) is 1. The maximum Gasteiger partial charge on any atom is 0.251 e. The summed E-state index contributed by atoms with van der Waals surface area (Å²) in [5.74, 6) is 0.282. The van der Waals surface area contributed by atoms with E-state index < -0.39 is 10.0 Å². The van der Waals surface area contributed by atoms with Crippen molar-refractivity contribution in [3.63, 3.8) is 0 Å². The molecule has 0 aliphatic rings. The minimum Gasteiger partial charge on any atom is -0.361 e. The van der Waals surface area contributed by atoms with Crippen molar-refractivity contribution in [2.24, 2.45) is 0 Å². The van der Waals surface area contributed by atoms with Crippen molar-refractivity contribution in [3.8, 4) is 0 Å². The number of rotatable bonds is 5. The number of sulfonamides is 1. The molecule has 1 aromatic carbocycles. The molecule has 0 bridgehead atoms. The topological polar surface area (TPSA) is 92.5 Å². The lowest BCUT2D eigenvalue weighted by Gasteiger charge is -2.14. The van der Waals surface area contributed by atoms with E-state index in [0.29, 0.717) is 17.0 Å². The molecule has 23 heavy (non-hydrogen) atoms. The molecule has 7 nitrogen and oxygen atoms in total. The van der Waals surface area contributed by atoms with Crippen LogP contribution < -0.4 is 5.32 Å². The van der Waals surface area contributed by atoms with Crippen LogP contribution in [0.25, 0.3) is 0 Å². The summed E-state index contributed by atoms with van der Waals surface area (Å²) < 4.78 is 30.6. The van der Waals surface area contributed by atoms with Crippen LogP contribution in [0.4, 0.5) is 0 Å². The zero-order chi connectivity index (χ0) is 17.2. The SMILES string of the molecule is Cc1cc(CNC(=O)c2ccc(C)c(S(=O)(=O)N(C)C)c2)no1. The van der Waals surface area contributed by atoms with Gasteiger partial charge in [0.15, 0.2) is 0 Å². The predicted octanol–water partition coefficient (Wildman–Crippen LogP) is 1.47. The molecule has 0 saturated heterocycles. The summed E-state index contributed by atoms with van der Waals surface area (Å²) in [5, 5.41) is 6.47. The van der Waals surface area contributed by atoms with Gasteiger partial charge in [-0.05, 0) is 31.5 Å². The second-order valence-corrected chi connectivity index (χ2v) is 7.50. The molecule has 1 aromatic heterocycles. The number of hydrogen-bond acceptors (Lipinski definition) is 5. The van der Waals surface area contributed by atoms with E-state index in [2.05, 4.69) is 10.5 Å². The number of benzene rings is 1. The zero-order valence-corrected chi connectivity index (χ0v) is 14.3. The van der Waals surface area contributed by atoms with E-state index in [1.54, 1.807) is 32.0 Å². The van der Waals surface area contributed by atoms with Crippen LogP contribution in [-0.2, 0) is 16.6 Å². The number of carbonyl (C=O) groups excluding carboxylic acids is 1. The van der Waals surface area contributed by atoms with Gasteiger partial charge in [-0.25, -0.2) is 12.7 Å². The highest BCUT2D eigenvalue weighted by atomic mass is 32.2. The minimum absolute atomic E-state index is 0.118. The van der Waals surface area contributed by atoms with Crippen LogP contribution in [0.3, 0.4) is 0 Å². The maximum atomic E-state index is 12.3. The highest BCUT2D eigenvalue weighted by molar-refractivity contribution is 7.89. The van der Waals surface area contributed by atoms with Crippen LogP contribution in [-0.4, -0.2) is 37.9 Å². The molecule has 1 heterocycles. The molecule has 0 aliphatic heterocycles. The Morgan fingerprint density at radius 2 is 1.96 bits per heavy atom. The second-order valence-electron chi connectivity index (χ2n) is 5.38. The fraction of sp³-hybridized carbons (Fsp3) is 0.333. The van der Waals surface area contributed by atoms with Gasteiger partial charge < -0.3 is 9.84 Å². The van der Waals surface area contributed by atoms with E-state index in [0.717, 1.165) is 4.31 Å². The summed E-state index contributed by atoms with van der Waals surface area (Å²) in [4.78, 5) is 12.3. The van der Waals surface area contributed by atoms with Crippen LogP contribution in [0.5, 0.6) is 0 Å². The number of nitrogens with one attached hydrogen (secondary N) is 1. The van der Waals surface area contributed by atoms with Gasteiger partial charge in [-0.15, -0.1) is 0 Å². The molecular weight excluding hydrogens is 318 g/mol.